The average molecular weight is 332 g/mol. The molecule has 2 unspecified atom stereocenters. The molecule has 2 atom stereocenters. The first-order chi connectivity index (χ1) is 11.7. The SMILES string of the molecule is CCCN(CCC)CC(c1ccc(CC)cc1)N1CCNC(C)C1. The summed E-state index contributed by atoms with van der Waals surface area (Å²) in [5, 5.41) is 3.58. The average Bonchev–Trinajstić information content (AvgIpc) is 2.60. The van der Waals surface area contributed by atoms with E-state index in [9.17, 15) is 0 Å². The van der Waals surface area contributed by atoms with E-state index in [1.807, 2.05) is 0 Å². The Balaban J connectivity index is 2.18. The van der Waals surface area contributed by atoms with Crippen molar-refractivity contribution < 1.29 is 0 Å². The fraction of sp³-hybridized carbons (Fsp3) is 0.714. The number of rotatable bonds is 9. The quantitative estimate of drug-likeness (QED) is 0.744. The Morgan fingerprint density at radius 1 is 1.12 bits per heavy atom. The van der Waals surface area contributed by atoms with Crippen LogP contribution < -0.4 is 5.32 Å². The Morgan fingerprint density at radius 3 is 2.33 bits per heavy atom. The summed E-state index contributed by atoms with van der Waals surface area (Å²) < 4.78 is 0. The summed E-state index contributed by atoms with van der Waals surface area (Å²) in [6, 6.07) is 10.5. The summed E-state index contributed by atoms with van der Waals surface area (Å²) in [5.41, 5.74) is 2.92. The summed E-state index contributed by atoms with van der Waals surface area (Å²) in [6.07, 6.45) is 3.59. The minimum Gasteiger partial charge on any atom is -0.312 e. The van der Waals surface area contributed by atoms with Crippen LogP contribution in [0.5, 0.6) is 0 Å². The minimum atomic E-state index is 0.513. The van der Waals surface area contributed by atoms with Crippen LogP contribution in [0.1, 0.15) is 57.7 Å². The Hall–Kier alpha value is -0.900. The van der Waals surface area contributed by atoms with E-state index in [2.05, 4.69) is 67.1 Å². The fourth-order valence-corrected chi connectivity index (χ4v) is 3.82. The van der Waals surface area contributed by atoms with E-state index in [-0.39, 0.29) is 0 Å². The molecule has 0 aromatic heterocycles. The van der Waals surface area contributed by atoms with Gasteiger partial charge in [0.05, 0.1) is 0 Å². The lowest BCUT2D eigenvalue weighted by atomic mass is 10.00. The summed E-state index contributed by atoms with van der Waals surface area (Å²) in [7, 11) is 0. The van der Waals surface area contributed by atoms with Gasteiger partial charge in [-0.2, -0.15) is 0 Å². The third kappa shape index (κ3) is 5.58. The van der Waals surface area contributed by atoms with E-state index in [4.69, 9.17) is 0 Å². The zero-order chi connectivity index (χ0) is 17.4. The van der Waals surface area contributed by atoms with Crippen molar-refractivity contribution in [2.24, 2.45) is 0 Å². The van der Waals surface area contributed by atoms with E-state index < -0.39 is 0 Å². The van der Waals surface area contributed by atoms with E-state index in [1.54, 1.807) is 0 Å². The summed E-state index contributed by atoms with van der Waals surface area (Å²) in [6.45, 7) is 16.1. The number of hydrogen-bond acceptors (Lipinski definition) is 3. The molecule has 0 amide bonds. The van der Waals surface area contributed by atoms with Crippen LogP contribution in [-0.4, -0.2) is 55.1 Å². The van der Waals surface area contributed by atoms with Crippen molar-refractivity contribution in [3.05, 3.63) is 35.4 Å². The van der Waals surface area contributed by atoms with E-state index in [0.717, 1.165) is 32.6 Å². The number of nitrogens with one attached hydrogen (secondary N) is 1. The molecule has 1 saturated heterocycles. The number of aryl methyl sites for hydroxylation is 1. The van der Waals surface area contributed by atoms with Crippen LogP contribution in [0.4, 0.5) is 0 Å². The van der Waals surface area contributed by atoms with Crippen LogP contribution >= 0.6 is 0 Å². The molecule has 3 heteroatoms. The zero-order valence-corrected chi connectivity index (χ0v) is 16.2. The van der Waals surface area contributed by atoms with Crippen LogP contribution in [0.2, 0.25) is 0 Å². The van der Waals surface area contributed by atoms with Gasteiger partial charge < -0.3 is 10.2 Å². The second-order valence-electron chi connectivity index (χ2n) is 7.26. The van der Waals surface area contributed by atoms with Gasteiger partial charge in [-0.05, 0) is 50.4 Å². The standard InChI is InChI=1S/C21H37N3/c1-5-13-23(14-6-2)17-21(24-15-12-22-18(4)16-24)20-10-8-19(7-3)9-11-20/h8-11,18,21-22H,5-7,12-17H2,1-4H3. The van der Waals surface area contributed by atoms with Gasteiger partial charge in [-0.3, -0.25) is 4.90 Å². The predicted octanol–water partition coefficient (Wildman–Crippen LogP) is 3.71. The van der Waals surface area contributed by atoms with Gasteiger partial charge in [-0.1, -0.05) is 45.0 Å². The largest absolute Gasteiger partial charge is 0.312 e. The van der Waals surface area contributed by atoms with Crippen LogP contribution in [0, 0.1) is 0 Å². The molecule has 136 valence electrons. The Kier molecular flexibility index (Phi) is 8.23. The first kappa shape index (κ1) is 19.4. The molecule has 1 N–H and O–H groups in total. The highest BCUT2D eigenvalue weighted by Crippen LogP contribution is 2.24. The van der Waals surface area contributed by atoms with Gasteiger partial charge in [0, 0.05) is 38.3 Å². The van der Waals surface area contributed by atoms with E-state index in [1.165, 1.54) is 37.1 Å². The first-order valence-electron chi connectivity index (χ1n) is 9.96. The molecule has 0 aliphatic carbocycles. The number of benzene rings is 1. The van der Waals surface area contributed by atoms with Crippen molar-refractivity contribution in [2.45, 2.75) is 59.0 Å². The zero-order valence-electron chi connectivity index (χ0n) is 16.2. The number of piperazine rings is 1. The molecule has 0 saturated carbocycles. The van der Waals surface area contributed by atoms with E-state index >= 15 is 0 Å². The van der Waals surface area contributed by atoms with Crippen molar-refractivity contribution in [1.29, 1.82) is 0 Å². The van der Waals surface area contributed by atoms with Gasteiger partial charge in [-0.15, -0.1) is 0 Å². The topological polar surface area (TPSA) is 18.5 Å². The van der Waals surface area contributed by atoms with Gasteiger partial charge in [0.1, 0.15) is 0 Å². The second kappa shape index (κ2) is 10.2. The minimum absolute atomic E-state index is 0.513. The van der Waals surface area contributed by atoms with Crippen molar-refractivity contribution in [2.75, 3.05) is 39.3 Å². The Morgan fingerprint density at radius 2 is 1.79 bits per heavy atom. The highest BCUT2D eigenvalue weighted by molar-refractivity contribution is 5.25. The summed E-state index contributed by atoms with van der Waals surface area (Å²) in [5.74, 6) is 0. The molecule has 0 spiro atoms. The maximum atomic E-state index is 3.58. The van der Waals surface area contributed by atoms with Gasteiger partial charge in [0.2, 0.25) is 0 Å². The maximum Gasteiger partial charge on any atom is 0.0476 e. The third-order valence-electron chi connectivity index (χ3n) is 5.12. The molecule has 1 fully saturated rings. The van der Waals surface area contributed by atoms with Crippen molar-refractivity contribution in [3.8, 4) is 0 Å². The Labute approximate surface area is 149 Å². The summed E-state index contributed by atoms with van der Waals surface area (Å²) in [4.78, 5) is 5.35. The molecular formula is C21H37N3. The molecule has 0 radical (unpaired) electrons. The lowest BCUT2D eigenvalue weighted by Crippen LogP contribution is -2.52. The lowest BCUT2D eigenvalue weighted by Gasteiger charge is -2.40. The highest BCUT2D eigenvalue weighted by Gasteiger charge is 2.26. The summed E-state index contributed by atoms with van der Waals surface area (Å²) >= 11 is 0. The van der Waals surface area contributed by atoms with Crippen molar-refractivity contribution >= 4 is 0 Å². The van der Waals surface area contributed by atoms with Gasteiger partial charge >= 0.3 is 0 Å². The number of hydrogen-bond donors (Lipinski definition) is 1. The lowest BCUT2D eigenvalue weighted by molar-refractivity contribution is 0.109. The molecule has 1 heterocycles. The Bertz CT molecular complexity index is 451. The van der Waals surface area contributed by atoms with Gasteiger partial charge in [0.15, 0.2) is 0 Å². The monoisotopic (exact) mass is 331 g/mol. The van der Waals surface area contributed by atoms with Crippen LogP contribution in [0.15, 0.2) is 24.3 Å². The molecule has 1 aliphatic rings. The molecule has 1 aromatic rings. The van der Waals surface area contributed by atoms with Crippen molar-refractivity contribution in [1.82, 2.24) is 15.1 Å². The van der Waals surface area contributed by atoms with E-state index in [0.29, 0.717) is 12.1 Å². The van der Waals surface area contributed by atoms with Gasteiger partial charge in [-0.25, -0.2) is 0 Å². The second-order valence-corrected chi connectivity index (χ2v) is 7.26. The molecule has 24 heavy (non-hydrogen) atoms. The molecule has 3 nitrogen and oxygen atoms in total. The van der Waals surface area contributed by atoms with Crippen LogP contribution in [0.25, 0.3) is 0 Å². The molecule has 1 aliphatic heterocycles. The smallest absolute Gasteiger partial charge is 0.0476 e. The third-order valence-corrected chi connectivity index (χ3v) is 5.12. The molecule has 1 aromatic carbocycles. The fourth-order valence-electron chi connectivity index (χ4n) is 3.82. The van der Waals surface area contributed by atoms with Crippen LogP contribution in [0.3, 0.4) is 0 Å². The van der Waals surface area contributed by atoms with Crippen molar-refractivity contribution in [3.63, 3.8) is 0 Å². The molecule has 2 rings (SSSR count). The first-order valence-corrected chi connectivity index (χ1v) is 9.96. The van der Waals surface area contributed by atoms with Gasteiger partial charge in [0.25, 0.3) is 0 Å². The van der Waals surface area contributed by atoms with Crippen LogP contribution in [-0.2, 0) is 6.42 Å². The highest BCUT2D eigenvalue weighted by atomic mass is 15.3. The number of nitrogens with zero attached hydrogens (tertiary/aromatic N) is 2. The predicted molar refractivity (Wildman–Crippen MR) is 105 cm³/mol. The normalized spacial score (nSPS) is 20.5. The molecular weight excluding hydrogens is 294 g/mol. The maximum absolute atomic E-state index is 3.58. The molecule has 0 bridgehead atoms.